The summed E-state index contributed by atoms with van der Waals surface area (Å²) in [5.41, 5.74) is 0.306. The zero-order valence-electron chi connectivity index (χ0n) is 10.7. The number of morpholine rings is 1. The highest BCUT2D eigenvalue weighted by Gasteiger charge is 2.23. The summed E-state index contributed by atoms with van der Waals surface area (Å²) in [4.78, 5) is 28.1. The van der Waals surface area contributed by atoms with E-state index in [-0.39, 0.29) is 24.7 Å². The molecule has 1 aromatic heterocycles. The van der Waals surface area contributed by atoms with Crippen molar-refractivity contribution in [1.82, 2.24) is 9.88 Å². The van der Waals surface area contributed by atoms with Gasteiger partial charge in [-0.2, -0.15) is 0 Å². The number of anilines is 1. The van der Waals surface area contributed by atoms with Gasteiger partial charge in [-0.05, 0) is 6.07 Å². The maximum absolute atomic E-state index is 12.0. The Labute approximate surface area is 115 Å². The molecule has 0 aromatic carbocycles. The normalized spacial score (nSPS) is 18.6. The summed E-state index contributed by atoms with van der Waals surface area (Å²) in [6.45, 7) is 0.897. The van der Waals surface area contributed by atoms with Crippen molar-refractivity contribution in [3.05, 3.63) is 24.0 Å². The Kier molecular flexibility index (Phi) is 4.49. The molecule has 2 heterocycles. The molecule has 0 bridgehead atoms. The van der Waals surface area contributed by atoms with Crippen molar-refractivity contribution in [3.63, 3.8) is 0 Å². The van der Waals surface area contributed by atoms with E-state index in [0.29, 0.717) is 18.8 Å². The first kappa shape index (κ1) is 14.2. The van der Waals surface area contributed by atoms with Gasteiger partial charge in [0, 0.05) is 12.7 Å². The number of nitrogens with one attached hydrogen (secondary N) is 1. The van der Waals surface area contributed by atoms with Crippen LogP contribution in [0.4, 0.5) is 10.5 Å². The minimum atomic E-state index is -1.11. The Morgan fingerprint density at radius 1 is 1.50 bits per heavy atom. The fraction of sp³-hybridized carbons (Fsp3) is 0.417. The Morgan fingerprint density at radius 2 is 2.30 bits per heavy atom. The fourth-order valence-electron chi connectivity index (χ4n) is 1.84. The van der Waals surface area contributed by atoms with Crippen molar-refractivity contribution in [2.45, 2.75) is 6.10 Å². The van der Waals surface area contributed by atoms with Gasteiger partial charge in [-0.25, -0.2) is 9.59 Å². The third-order valence-electron chi connectivity index (χ3n) is 2.87. The Balaban J connectivity index is 2.00. The number of aliphatic hydroxyl groups excluding tert-OH is 1. The van der Waals surface area contributed by atoms with Crippen molar-refractivity contribution >= 4 is 17.7 Å². The number of carbonyl (C=O) groups excluding carboxylic acids is 1. The van der Waals surface area contributed by atoms with Gasteiger partial charge in [-0.3, -0.25) is 4.98 Å². The molecular weight excluding hydrogens is 266 g/mol. The van der Waals surface area contributed by atoms with Crippen LogP contribution in [0.5, 0.6) is 0 Å². The Morgan fingerprint density at radius 3 is 3.00 bits per heavy atom. The van der Waals surface area contributed by atoms with Crippen LogP contribution in [0.3, 0.4) is 0 Å². The van der Waals surface area contributed by atoms with Gasteiger partial charge in [-0.1, -0.05) is 0 Å². The van der Waals surface area contributed by atoms with Crippen LogP contribution < -0.4 is 5.32 Å². The van der Waals surface area contributed by atoms with Gasteiger partial charge in [0.05, 0.1) is 43.3 Å². The average molecular weight is 281 g/mol. The van der Waals surface area contributed by atoms with Crippen LogP contribution in [-0.2, 0) is 4.74 Å². The molecule has 8 heteroatoms. The molecular formula is C12H15N3O5. The van der Waals surface area contributed by atoms with Crippen molar-refractivity contribution in [2.24, 2.45) is 0 Å². The topological polar surface area (TPSA) is 112 Å². The standard InChI is InChI=1S/C12H15N3O5/c16-7-10-6-15(1-2-20-10)12(19)14-9-3-8(11(17)18)4-13-5-9/h3-5,10,16H,1-2,6-7H2,(H,14,19)(H,17,18). The van der Waals surface area contributed by atoms with Crippen LogP contribution in [0.15, 0.2) is 18.5 Å². The molecule has 1 aliphatic rings. The lowest BCUT2D eigenvalue weighted by Crippen LogP contribution is -2.48. The van der Waals surface area contributed by atoms with E-state index < -0.39 is 12.1 Å². The number of hydrogen-bond acceptors (Lipinski definition) is 5. The predicted molar refractivity (Wildman–Crippen MR) is 68.6 cm³/mol. The lowest BCUT2D eigenvalue weighted by atomic mass is 10.2. The van der Waals surface area contributed by atoms with Crippen LogP contribution in [-0.4, -0.2) is 64.5 Å². The molecule has 0 aliphatic carbocycles. The highest BCUT2D eigenvalue weighted by atomic mass is 16.5. The summed E-state index contributed by atoms with van der Waals surface area (Å²) in [7, 11) is 0. The number of pyridine rings is 1. The molecule has 0 spiro atoms. The van der Waals surface area contributed by atoms with E-state index in [9.17, 15) is 9.59 Å². The number of carbonyl (C=O) groups is 2. The molecule has 20 heavy (non-hydrogen) atoms. The molecule has 8 nitrogen and oxygen atoms in total. The average Bonchev–Trinajstić information content (AvgIpc) is 2.47. The number of urea groups is 1. The summed E-state index contributed by atoms with van der Waals surface area (Å²) in [5, 5.41) is 20.4. The van der Waals surface area contributed by atoms with E-state index in [2.05, 4.69) is 10.3 Å². The van der Waals surface area contributed by atoms with E-state index >= 15 is 0 Å². The van der Waals surface area contributed by atoms with Gasteiger partial charge < -0.3 is 25.2 Å². The predicted octanol–water partition coefficient (Wildman–Crippen LogP) is 0.00480. The Hall–Kier alpha value is -2.19. The molecule has 1 atom stereocenters. The van der Waals surface area contributed by atoms with Gasteiger partial charge in [0.1, 0.15) is 0 Å². The zero-order valence-corrected chi connectivity index (χ0v) is 10.7. The van der Waals surface area contributed by atoms with Crippen LogP contribution >= 0.6 is 0 Å². The second-order valence-corrected chi connectivity index (χ2v) is 4.32. The second-order valence-electron chi connectivity index (χ2n) is 4.32. The second kappa shape index (κ2) is 6.31. The van der Waals surface area contributed by atoms with Crippen LogP contribution in [0.2, 0.25) is 0 Å². The highest BCUT2D eigenvalue weighted by molar-refractivity contribution is 5.92. The molecule has 1 aromatic rings. The fourth-order valence-corrected chi connectivity index (χ4v) is 1.84. The largest absolute Gasteiger partial charge is 0.478 e. The van der Waals surface area contributed by atoms with Crippen molar-refractivity contribution in [2.75, 3.05) is 31.6 Å². The molecule has 2 rings (SSSR count). The molecule has 3 N–H and O–H groups in total. The van der Waals surface area contributed by atoms with Crippen LogP contribution in [0, 0.1) is 0 Å². The molecule has 1 aliphatic heterocycles. The van der Waals surface area contributed by atoms with E-state index in [1.54, 1.807) is 0 Å². The minimum absolute atomic E-state index is 0.00184. The molecule has 2 amide bonds. The van der Waals surface area contributed by atoms with Crippen molar-refractivity contribution in [3.8, 4) is 0 Å². The summed E-state index contributed by atoms with van der Waals surface area (Å²) in [6, 6.07) is 0.952. The van der Waals surface area contributed by atoms with Gasteiger partial charge in [0.2, 0.25) is 0 Å². The molecule has 0 saturated carbocycles. The minimum Gasteiger partial charge on any atom is -0.478 e. The summed E-state index contributed by atoms with van der Waals surface area (Å²) in [6.07, 6.45) is 2.18. The highest BCUT2D eigenvalue weighted by Crippen LogP contribution is 2.11. The molecule has 108 valence electrons. The number of ether oxygens (including phenoxy) is 1. The van der Waals surface area contributed by atoms with E-state index in [1.165, 1.54) is 23.4 Å². The van der Waals surface area contributed by atoms with Crippen molar-refractivity contribution in [1.29, 1.82) is 0 Å². The summed E-state index contributed by atoms with van der Waals surface area (Å²) in [5.74, 6) is -1.11. The van der Waals surface area contributed by atoms with Gasteiger partial charge in [0.15, 0.2) is 0 Å². The number of aromatic carboxylic acids is 1. The van der Waals surface area contributed by atoms with E-state index in [4.69, 9.17) is 14.9 Å². The first-order valence-corrected chi connectivity index (χ1v) is 6.07. The number of carboxylic acid groups (broad SMARTS) is 1. The number of aromatic nitrogens is 1. The number of carboxylic acids is 1. The smallest absolute Gasteiger partial charge is 0.337 e. The summed E-state index contributed by atoms with van der Waals surface area (Å²) >= 11 is 0. The maximum Gasteiger partial charge on any atom is 0.337 e. The van der Waals surface area contributed by atoms with E-state index in [1.807, 2.05) is 0 Å². The summed E-state index contributed by atoms with van der Waals surface area (Å²) < 4.78 is 5.25. The number of rotatable bonds is 3. The lowest BCUT2D eigenvalue weighted by molar-refractivity contribution is -0.0388. The van der Waals surface area contributed by atoms with Gasteiger partial charge in [0.25, 0.3) is 0 Å². The number of aliphatic hydroxyl groups is 1. The molecule has 0 radical (unpaired) electrons. The lowest BCUT2D eigenvalue weighted by Gasteiger charge is -2.31. The molecule has 1 unspecified atom stereocenters. The number of amides is 2. The van der Waals surface area contributed by atoms with Crippen LogP contribution in [0.25, 0.3) is 0 Å². The molecule has 1 fully saturated rings. The number of nitrogens with zero attached hydrogens (tertiary/aromatic N) is 2. The number of hydrogen-bond donors (Lipinski definition) is 3. The Bertz CT molecular complexity index is 508. The monoisotopic (exact) mass is 281 g/mol. The van der Waals surface area contributed by atoms with Gasteiger partial charge in [-0.15, -0.1) is 0 Å². The SMILES string of the molecule is O=C(O)c1cncc(NC(=O)N2CCOC(CO)C2)c1. The van der Waals surface area contributed by atoms with Crippen LogP contribution in [0.1, 0.15) is 10.4 Å². The third-order valence-corrected chi connectivity index (χ3v) is 2.87. The maximum atomic E-state index is 12.0. The zero-order chi connectivity index (χ0) is 14.5. The third kappa shape index (κ3) is 3.43. The van der Waals surface area contributed by atoms with Crippen molar-refractivity contribution < 1.29 is 24.5 Å². The van der Waals surface area contributed by atoms with Gasteiger partial charge >= 0.3 is 12.0 Å². The quantitative estimate of drug-likeness (QED) is 0.719. The molecule has 1 saturated heterocycles. The van der Waals surface area contributed by atoms with E-state index in [0.717, 1.165) is 0 Å². The first-order valence-electron chi connectivity index (χ1n) is 6.07. The first-order chi connectivity index (χ1) is 9.60.